The fourth-order valence-corrected chi connectivity index (χ4v) is 2.56. The lowest BCUT2D eigenvalue weighted by molar-refractivity contribution is -0.137. The molecule has 2 aromatic rings. The molecule has 2 rings (SSSR count). The maximum Gasteiger partial charge on any atom is 0.419 e. The van der Waals surface area contributed by atoms with Gasteiger partial charge in [0.15, 0.2) is 0 Å². The lowest BCUT2D eigenvalue weighted by Gasteiger charge is -2.21. The molecule has 0 atom stereocenters. The van der Waals surface area contributed by atoms with Crippen LogP contribution in [0.5, 0.6) is 0 Å². The highest BCUT2D eigenvalue weighted by molar-refractivity contribution is 9.10. The second-order valence-electron chi connectivity index (χ2n) is 6.05. The summed E-state index contributed by atoms with van der Waals surface area (Å²) in [7, 11) is 0. The molecule has 1 N–H and O–H groups in total. The number of rotatable bonds is 3. The van der Waals surface area contributed by atoms with Crippen LogP contribution in [-0.2, 0) is 16.0 Å². The number of hydrogen-bond acceptors (Lipinski definition) is 3. The number of nitrogens with zero attached hydrogens (tertiary/aromatic N) is 1. The zero-order valence-corrected chi connectivity index (χ0v) is 14.3. The Hall–Kier alpha value is -1.82. The zero-order valence-electron chi connectivity index (χ0n) is 12.7. The van der Waals surface area contributed by atoms with Crippen LogP contribution in [0.3, 0.4) is 0 Å². The average molecular weight is 368 g/mol. The summed E-state index contributed by atoms with van der Waals surface area (Å²) in [6, 6.07) is 7.37. The largest absolute Gasteiger partial charge is 0.481 e. The number of carboxylic acid groups (broad SMARTS) is 1. The van der Waals surface area contributed by atoms with Crippen LogP contribution in [-0.4, -0.2) is 27.3 Å². The van der Waals surface area contributed by atoms with Gasteiger partial charge in [-0.25, -0.2) is 9.36 Å². The van der Waals surface area contributed by atoms with Gasteiger partial charge in [0.25, 0.3) is 0 Å². The molecule has 22 heavy (non-hydrogen) atoms. The van der Waals surface area contributed by atoms with Crippen molar-refractivity contribution in [2.24, 2.45) is 0 Å². The number of carboxylic acids is 1. The van der Waals surface area contributed by atoms with Crippen LogP contribution in [0.1, 0.15) is 32.9 Å². The predicted molar refractivity (Wildman–Crippen MR) is 87.2 cm³/mol. The molecule has 0 aliphatic rings. The molecule has 0 saturated heterocycles. The minimum atomic E-state index is -0.901. The number of aryl methyl sites for hydroxylation is 1. The Balaban J connectivity index is 2.49. The number of carbonyl (C=O) groups excluding carboxylic acids is 1. The van der Waals surface area contributed by atoms with Gasteiger partial charge >= 0.3 is 12.1 Å². The molecule has 1 aromatic carbocycles. The summed E-state index contributed by atoms with van der Waals surface area (Å²) >= 11 is 3.39. The Labute approximate surface area is 137 Å². The van der Waals surface area contributed by atoms with E-state index in [1.165, 1.54) is 4.57 Å². The molecule has 5 nitrogen and oxygen atoms in total. The molecule has 0 amide bonds. The van der Waals surface area contributed by atoms with Crippen molar-refractivity contribution in [1.82, 2.24) is 4.57 Å². The Morgan fingerprint density at radius 1 is 1.27 bits per heavy atom. The third-order valence-corrected chi connectivity index (χ3v) is 3.50. The van der Waals surface area contributed by atoms with Crippen LogP contribution in [0.2, 0.25) is 0 Å². The molecular formula is C16H18BrNO4. The number of aromatic nitrogens is 1. The predicted octanol–water partition coefficient (Wildman–Crippen LogP) is 4.20. The van der Waals surface area contributed by atoms with E-state index >= 15 is 0 Å². The standard InChI is InChI=1S/C16H18BrNO4/c1-16(2,3)22-15(21)18-12(5-7-14(19)20)9-10-8-11(17)4-6-13(10)18/h4,6,8-9H,5,7H2,1-3H3,(H,19,20). The lowest BCUT2D eigenvalue weighted by atomic mass is 10.2. The molecular weight excluding hydrogens is 350 g/mol. The normalized spacial score (nSPS) is 11.6. The van der Waals surface area contributed by atoms with Gasteiger partial charge in [-0.3, -0.25) is 4.79 Å². The number of aliphatic carboxylic acids is 1. The molecule has 0 aliphatic heterocycles. The van der Waals surface area contributed by atoms with Crippen molar-refractivity contribution in [1.29, 1.82) is 0 Å². The van der Waals surface area contributed by atoms with Crippen LogP contribution >= 0.6 is 15.9 Å². The van der Waals surface area contributed by atoms with Gasteiger partial charge in [0.05, 0.1) is 11.9 Å². The van der Waals surface area contributed by atoms with Gasteiger partial charge in [-0.05, 0) is 51.5 Å². The minimum absolute atomic E-state index is 0.0414. The van der Waals surface area contributed by atoms with Gasteiger partial charge in [-0.15, -0.1) is 0 Å². The van der Waals surface area contributed by atoms with Crippen molar-refractivity contribution in [2.75, 3.05) is 0 Å². The van der Waals surface area contributed by atoms with Crippen LogP contribution in [0.4, 0.5) is 4.79 Å². The summed E-state index contributed by atoms with van der Waals surface area (Å²) in [5.41, 5.74) is 0.718. The smallest absolute Gasteiger partial charge is 0.419 e. The number of halogens is 1. The van der Waals surface area contributed by atoms with E-state index < -0.39 is 17.7 Å². The Bertz CT molecular complexity index is 728. The number of carbonyl (C=O) groups is 2. The molecule has 0 spiro atoms. The van der Waals surface area contributed by atoms with E-state index in [1.807, 2.05) is 24.3 Å². The second kappa shape index (κ2) is 6.12. The minimum Gasteiger partial charge on any atom is -0.481 e. The van der Waals surface area contributed by atoms with Crippen LogP contribution in [0, 0.1) is 0 Å². The van der Waals surface area contributed by atoms with Crippen molar-refractivity contribution in [3.63, 3.8) is 0 Å². The van der Waals surface area contributed by atoms with E-state index in [9.17, 15) is 9.59 Å². The van der Waals surface area contributed by atoms with Crippen molar-refractivity contribution < 1.29 is 19.4 Å². The fraction of sp³-hybridized carbons (Fsp3) is 0.375. The van der Waals surface area contributed by atoms with E-state index in [2.05, 4.69) is 15.9 Å². The first-order valence-corrected chi connectivity index (χ1v) is 7.72. The average Bonchev–Trinajstić information content (AvgIpc) is 2.71. The highest BCUT2D eigenvalue weighted by atomic mass is 79.9. The topological polar surface area (TPSA) is 68.5 Å². The van der Waals surface area contributed by atoms with Crippen molar-refractivity contribution in [2.45, 2.75) is 39.2 Å². The van der Waals surface area contributed by atoms with Gasteiger partial charge in [-0.1, -0.05) is 15.9 Å². The summed E-state index contributed by atoms with van der Waals surface area (Å²) in [5.74, 6) is -0.901. The highest BCUT2D eigenvalue weighted by Crippen LogP contribution is 2.26. The third kappa shape index (κ3) is 3.88. The summed E-state index contributed by atoms with van der Waals surface area (Å²) in [6.45, 7) is 5.39. The number of benzene rings is 1. The van der Waals surface area contributed by atoms with Crippen molar-refractivity contribution in [3.05, 3.63) is 34.4 Å². The van der Waals surface area contributed by atoms with E-state index in [0.29, 0.717) is 11.2 Å². The fourth-order valence-electron chi connectivity index (χ4n) is 2.19. The number of ether oxygens (including phenoxy) is 1. The van der Waals surface area contributed by atoms with Crippen LogP contribution in [0.25, 0.3) is 10.9 Å². The third-order valence-electron chi connectivity index (χ3n) is 3.01. The molecule has 118 valence electrons. The quantitative estimate of drug-likeness (QED) is 0.882. The van der Waals surface area contributed by atoms with Crippen molar-refractivity contribution >= 4 is 38.9 Å². The van der Waals surface area contributed by atoms with Gasteiger partial charge in [0, 0.05) is 15.6 Å². The van der Waals surface area contributed by atoms with Crippen LogP contribution < -0.4 is 0 Å². The SMILES string of the molecule is CC(C)(C)OC(=O)n1c(CCC(=O)O)cc2cc(Br)ccc21. The summed E-state index contributed by atoms with van der Waals surface area (Å²) in [5, 5.41) is 9.74. The highest BCUT2D eigenvalue weighted by Gasteiger charge is 2.22. The number of hydrogen-bond donors (Lipinski definition) is 1. The van der Waals surface area contributed by atoms with Crippen LogP contribution in [0.15, 0.2) is 28.7 Å². The number of fused-ring (bicyclic) bond motifs is 1. The van der Waals surface area contributed by atoms with Gasteiger partial charge < -0.3 is 9.84 Å². The van der Waals surface area contributed by atoms with Gasteiger partial charge in [-0.2, -0.15) is 0 Å². The molecule has 6 heteroatoms. The molecule has 0 radical (unpaired) electrons. The second-order valence-corrected chi connectivity index (χ2v) is 6.96. The Morgan fingerprint density at radius 2 is 1.95 bits per heavy atom. The summed E-state index contributed by atoms with van der Waals surface area (Å²) in [4.78, 5) is 23.3. The Kier molecular flexibility index (Phi) is 4.60. The molecule has 0 fully saturated rings. The Morgan fingerprint density at radius 3 is 2.55 bits per heavy atom. The summed E-state index contributed by atoms with van der Waals surface area (Å²) in [6.07, 6.45) is -0.272. The molecule has 1 aromatic heterocycles. The summed E-state index contributed by atoms with van der Waals surface area (Å²) < 4.78 is 7.78. The molecule has 1 heterocycles. The molecule has 0 saturated carbocycles. The zero-order chi connectivity index (χ0) is 16.5. The lowest BCUT2D eigenvalue weighted by Crippen LogP contribution is -2.28. The van der Waals surface area contributed by atoms with E-state index in [1.54, 1.807) is 20.8 Å². The molecule has 0 bridgehead atoms. The molecule has 0 unspecified atom stereocenters. The van der Waals surface area contributed by atoms with E-state index in [-0.39, 0.29) is 12.8 Å². The van der Waals surface area contributed by atoms with E-state index in [0.717, 1.165) is 9.86 Å². The van der Waals surface area contributed by atoms with Gasteiger partial charge in [0.1, 0.15) is 5.60 Å². The monoisotopic (exact) mass is 367 g/mol. The maximum atomic E-state index is 12.5. The maximum absolute atomic E-state index is 12.5. The van der Waals surface area contributed by atoms with E-state index in [4.69, 9.17) is 9.84 Å². The molecule has 0 aliphatic carbocycles. The first-order chi connectivity index (χ1) is 10.2. The van der Waals surface area contributed by atoms with Gasteiger partial charge in [0.2, 0.25) is 0 Å². The first kappa shape index (κ1) is 16.5. The van der Waals surface area contributed by atoms with Crippen molar-refractivity contribution in [3.8, 4) is 0 Å². The first-order valence-electron chi connectivity index (χ1n) is 6.92.